The van der Waals surface area contributed by atoms with Crippen LogP contribution in [-0.2, 0) is 0 Å². The molecule has 0 atom stereocenters. The molecule has 0 fully saturated rings. The van der Waals surface area contributed by atoms with E-state index in [0.29, 0.717) is 5.36 Å². The quantitative estimate of drug-likeness (QED) is 0.460. The molecule has 1 rings (SSSR count). The van der Waals surface area contributed by atoms with Crippen LogP contribution >= 0.6 is 0 Å². The fourth-order valence-corrected chi connectivity index (χ4v) is 0.419. The molecule has 3 nitrogen and oxygen atoms in total. The molecule has 8 heavy (non-hydrogen) atoms. The highest BCUT2D eigenvalue weighted by Crippen LogP contribution is 1.72. The van der Waals surface area contributed by atoms with Gasteiger partial charge in [-0.1, -0.05) is 0 Å². The summed E-state index contributed by atoms with van der Waals surface area (Å²) in [5.41, 5.74) is 0. The molecule has 0 aliphatic carbocycles. The van der Waals surface area contributed by atoms with Crippen LogP contribution in [0.3, 0.4) is 0 Å². The van der Waals surface area contributed by atoms with Crippen molar-refractivity contribution in [3.63, 3.8) is 0 Å². The summed E-state index contributed by atoms with van der Waals surface area (Å²) in [6.07, 6.45) is 2.81. The van der Waals surface area contributed by atoms with Crippen molar-refractivity contribution in [3.8, 4) is 0 Å². The van der Waals surface area contributed by atoms with Gasteiger partial charge in [-0.2, -0.15) is 0 Å². The highest BCUT2D eigenvalue weighted by molar-refractivity contribution is 4.88. The summed E-state index contributed by atoms with van der Waals surface area (Å²) in [4.78, 5) is 0. The Kier molecular flexibility index (Phi) is 1.04. The summed E-state index contributed by atoms with van der Waals surface area (Å²) in [5.74, 6) is 0. The fraction of sp³-hybridized carbons (Fsp3) is 0. The molecule has 0 spiro atoms. The van der Waals surface area contributed by atoms with Crippen LogP contribution in [-0.4, -0.2) is 9.94 Å². The predicted molar refractivity (Wildman–Crippen MR) is 27.5 cm³/mol. The number of hydrogen-bond donors (Lipinski definition) is 2. The number of rotatable bonds is 0. The lowest BCUT2D eigenvalue weighted by Gasteiger charge is -1.90. The third-order valence-corrected chi connectivity index (χ3v) is 0.814. The molecule has 1 heterocycles. The maximum absolute atomic E-state index is 8.59. The molecule has 1 aromatic heterocycles. The van der Waals surface area contributed by atoms with Gasteiger partial charge in [-0.05, 0) is 12.1 Å². The first-order chi connectivity index (χ1) is 3.79. The average molecular weight is 110 g/mol. The third-order valence-electron chi connectivity index (χ3n) is 0.814. The Morgan fingerprint density at radius 1 is 1.38 bits per heavy atom. The molecule has 3 heteroatoms. The first kappa shape index (κ1) is 4.90. The molecule has 0 aliphatic heterocycles. The number of aromatic nitrogens is 1. The van der Waals surface area contributed by atoms with E-state index >= 15 is 0 Å². The number of nitrogens with one attached hydrogen (secondary N) is 1. The van der Waals surface area contributed by atoms with Crippen LogP contribution in [0.15, 0.2) is 24.5 Å². The Hall–Kier alpha value is -1.25. The summed E-state index contributed by atoms with van der Waals surface area (Å²) in [6, 6.07) is 3.00. The smallest absolute Gasteiger partial charge is 0.0571 e. The van der Waals surface area contributed by atoms with Crippen LogP contribution in [0.5, 0.6) is 0 Å². The van der Waals surface area contributed by atoms with Crippen LogP contribution in [0, 0.1) is 5.41 Å². The molecule has 0 aromatic carbocycles. The van der Waals surface area contributed by atoms with Crippen LogP contribution in [0.2, 0.25) is 0 Å². The second kappa shape index (κ2) is 1.69. The van der Waals surface area contributed by atoms with Crippen molar-refractivity contribution in [2.75, 3.05) is 0 Å². The van der Waals surface area contributed by atoms with Crippen LogP contribution in [0.4, 0.5) is 0 Å². The van der Waals surface area contributed by atoms with E-state index in [1.54, 1.807) is 0 Å². The van der Waals surface area contributed by atoms with Crippen LogP contribution in [0.25, 0.3) is 0 Å². The summed E-state index contributed by atoms with van der Waals surface area (Å²) < 4.78 is 0.901. The monoisotopic (exact) mass is 110 g/mol. The van der Waals surface area contributed by atoms with Gasteiger partial charge in [0.15, 0.2) is 0 Å². The zero-order valence-corrected chi connectivity index (χ0v) is 4.20. The van der Waals surface area contributed by atoms with Crippen molar-refractivity contribution in [1.82, 2.24) is 4.73 Å². The summed E-state index contributed by atoms with van der Waals surface area (Å²) in [5, 5.41) is 16.0. The van der Waals surface area contributed by atoms with E-state index in [9.17, 15) is 0 Å². The molecule has 0 bridgehead atoms. The summed E-state index contributed by atoms with van der Waals surface area (Å²) in [7, 11) is 0. The lowest BCUT2D eigenvalue weighted by atomic mass is 10.5. The predicted octanol–water partition coefficient (Wildman–Crippen LogP) is 0.205. The van der Waals surface area contributed by atoms with Crippen molar-refractivity contribution >= 4 is 0 Å². The second-order valence-corrected chi connectivity index (χ2v) is 1.47. The molecule has 2 N–H and O–H groups in total. The largest absolute Gasteiger partial charge is 0.429 e. The maximum atomic E-state index is 8.59. The van der Waals surface area contributed by atoms with Gasteiger partial charge in [0.1, 0.15) is 0 Å². The molecular formula is C5H6N2O. The van der Waals surface area contributed by atoms with Gasteiger partial charge in [-0.3, -0.25) is 0 Å². The summed E-state index contributed by atoms with van der Waals surface area (Å²) >= 11 is 0. The molecule has 0 saturated heterocycles. The van der Waals surface area contributed by atoms with Crippen molar-refractivity contribution in [1.29, 1.82) is 5.41 Å². The van der Waals surface area contributed by atoms with Crippen molar-refractivity contribution in [2.45, 2.75) is 0 Å². The van der Waals surface area contributed by atoms with E-state index in [1.807, 2.05) is 0 Å². The highest BCUT2D eigenvalue weighted by Gasteiger charge is 1.75. The van der Waals surface area contributed by atoms with Crippen molar-refractivity contribution in [3.05, 3.63) is 29.9 Å². The van der Waals surface area contributed by atoms with Gasteiger partial charge in [-0.25, -0.2) is 4.73 Å². The van der Waals surface area contributed by atoms with Gasteiger partial charge in [0.05, 0.1) is 5.36 Å². The van der Waals surface area contributed by atoms with E-state index in [1.165, 1.54) is 24.5 Å². The van der Waals surface area contributed by atoms with Crippen molar-refractivity contribution in [2.24, 2.45) is 0 Å². The van der Waals surface area contributed by atoms with Gasteiger partial charge in [0, 0.05) is 12.4 Å². The number of pyridine rings is 1. The molecule has 1 aromatic rings. The topological polar surface area (TPSA) is 49.0 Å². The standard InChI is InChI=1S/C5H6N2O/c6-5-1-3-7(8)4-2-5/h1-4,6,8H. The minimum absolute atomic E-state index is 0.398. The fourth-order valence-electron chi connectivity index (χ4n) is 0.419. The normalized spacial score (nSPS) is 9.00. The van der Waals surface area contributed by atoms with E-state index in [2.05, 4.69) is 0 Å². The van der Waals surface area contributed by atoms with E-state index in [0.717, 1.165) is 4.73 Å². The molecule has 0 saturated carbocycles. The van der Waals surface area contributed by atoms with E-state index in [-0.39, 0.29) is 0 Å². The third kappa shape index (κ3) is 0.872. The molecule has 42 valence electrons. The Labute approximate surface area is 46.3 Å². The Balaban J connectivity index is 3.22. The molecular weight excluding hydrogens is 104 g/mol. The zero-order valence-electron chi connectivity index (χ0n) is 4.20. The minimum Gasteiger partial charge on any atom is -0.429 e. The highest BCUT2D eigenvalue weighted by atomic mass is 16.5. The molecule has 0 radical (unpaired) electrons. The van der Waals surface area contributed by atoms with Gasteiger partial charge in [0.2, 0.25) is 0 Å². The van der Waals surface area contributed by atoms with Gasteiger partial charge in [0.25, 0.3) is 0 Å². The van der Waals surface area contributed by atoms with Gasteiger partial charge < -0.3 is 10.6 Å². The lowest BCUT2D eigenvalue weighted by Crippen LogP contribution is -1.99. The number of hydrogen-bond acceptors (Lipinski definition) is 2. The van der Waals surface area contributed by atoms with Crippen LogP contribution < -0.4 is 5.36 Å². The minimum atomic E-state index is 0.398. The Bertz CT molecular complexity index is 208. The SMILES string of the molecule is N=c1ccn(O)cc1. The maximum Gasteiger partial charge on any atom is 0.0571 e. The average Bonchev–Trinajstić information content (AvgIpc) is 1.77. The van der Waals surface area contributed by atoms with E-state index in [4.69, 9.17) is 10.6 Å². The van der Waals surface area contributed by atoms with Gasteiger partial charge in [-0.15, -0.1) is 0 Å². The second-order valence-electron chi connectivity index (χ2n) is 1.47. The van der Waals surface area contributed by atoms with Crippen LogP contribution in [0.1, 0.15) is 0 Å². The molecule has 0 aliphatic rings. The molecule has 0 amide bonds. The summed E-state index contributed by atoms with van der Waals surface area (Å²) in [6.45, 7) is 0. The first-order valence-corrected chi connectivity index (χ1v) is 2.21. The Morgan fingerprint density at radius 2 is 1.88 bits per heavy atom. The van der Waals surface area contributed by atoms with E-state index < -0.39 is 0 Å². The zero-order chi connectivity index (χ0) is 5.98. The Morgan fingerprint density at radius 3 is 2.25 bits per heavy atom. The molecule has 0 unspecified atom stereocenters. The number of nitrogens with zero attached hydrogens (tertiary/aromatic N) is 1. The van der Waals surface area contributed by atoms with Gasteiger partial charge >= 0.3 is 0 Å². The first-order valence-electron chi connectivity index (χ1n) is 2.21. The lowest BCUT2D eigenvalue weighted by molar-refractivity contribution is 0.184. The van der Waals surface area contributed by atoms with Crippen molar-refractivity contribution < 1.29 is 5.21 Å².